The summed E-state index contributed by atoms with van der Waals surface area (Å²) in [6.07, 6.45) is 5.83. The van der Waals surface area contributed by atoms with Crippen LogP contribution in [-0.2, 0) is 9.53 Å². The zero-order valence-electron chi connectivity index (χ0n) is 9.37. The van der Waals surface area contributed by atoms with Crippen LogP contribution in [0, 0.1) is 22.7 Å². The second kappa shape index (κ2) is 6.25. The lowest BCUT2D eigenvalue weighted by atomic mass is 9.82. The standard InChI is InChI=1S/C9H14O2.C3H2N2/c10-8-2-5-9(6-3-8)4-1-7-11-9;4-2-1-3-5/h1-7H2;1H2. The Hall–Kier alpha value is -1.39. The van der Waals surface area contributed by atoms with Crippen LogP contribution in [0.5, 0.6) is 0 Å². The molecule has 0 radical (unpaired) electrons. The van der Waals surface area contributed by atoms with E-state index in [1.165, 1.54) is 12.8 Å². The summed E-state index contributed by atoms with van der Waals surface area (Å²) in [5.41, 5.74) is 0.133. The Balaban J connectivity index is 0.000000221. The van der Waals surface area contributed by atoms with Crippen LogP contribution in [0.15, 0.2) is 0 Å². The molecular formula is C12H16N2O2. The van der Waals surface area contributed by atoms with Crippen molar-refractivity contribution < 1.29 is 9.53 Å². The summed E-state index contributed by atoms with van der Waals surface area (Å²) < 4.78 is 5.68. The molecular weight excluding hydrogens is 204 g/mol. The third kappa shape index (κ3) is 3.64. The molecule has 1 aliphatic carbocycles. The topological polar surface area (TPSA) is 73.9 Å². The van der Waals surface area contributed by atoms with Crippen molar-refractivity contribution >= 4 is 5.78 Å². The molecule has 0 N–H and O–H groups in total. The van der Waals surface area contributed by atoms with Gasteiger partial charge < -0.3 is 4.74 Å². The molecule has 1 heterocycles. The average Bonchev–Trinajstić information content (AvgIpc) is 2.74. The number of nitrogens with zero attached hydrogens (tertiary/aromatic N) is 2. The van der Waals surface area contributed by atoms with E-state index >= 15 is 0 Å². The third-order valence-corrected chi connectivity index (χ3v) is 3.06. The molecule has 0 aromatic carbocycles. The fourth-order valence-corrected chi connectivity index (χ4v) is 2.17. The van der Waals surface area contributed by atoms with Gasteiger partial charge in [-0.1, -0.05) is 0 Å². The highest BCUT2D eigenvalue weighted by molar-refractivity contribution is 5.79. The summed E-state index contributed by atoms with van der Waals surface area (Å²) in [6.45, 7) is 0.911. The van der Waals surface area contributed by atoms with E-state index in [9.17, 15) is 4.79 Å². The number of carbonyl (C=O) groups is 1. The lowest BCUT2D eigenvalue weighted by molar-refractivity contribution is -0.126. The summed E-state index contributed by atoms with van der Waals surface area (Å²) in [4.78, 5) is 10.9. The van der Waals surface area contributed by atoms with Gasteiger partial charge in [-0.15, -0.1) is 0 Å². The van der Waals surface area contributed by atoms with Crippen molar-refractivity contribution in [3.05, 3.63) is 0 Å². The largest absolute Gasteiger partial charge is 0.375 e. The zero-order valence-corrected chi connectivity index (χ0v) is 9.37. The van der Waals surface area contributed by atoms with Gasteiger partial charge in [-0.05, 0) is 25.7 Å². The van der Waals surface area contributed by atoms with Gasteiger partial charge in [-0.2, -0.15) is 10.5 Å². The second-order valence-corrected chi connectivity index (χ2v) is 4.17. The predicted molar refractivity (Wildman–Crippen MR) is 57.2 cm³/mol. The smallest absolute Gasteiger partial charge is 0.133 e. The summed E-state index contributed by atoms with van der Waals surface area (Å²) in [7, 11) is 0. The molecule has 86 valence electrons. The van der Waals surface area contributed by atoms with Crippen molar-refractivity contribution in [3.63, 3.8) is 0 Å². The van der Waals surface area contributed by atoms with Gasteiger partial charge in [0.1, 0.15) is 12.2 Å². The van der Waals surface area contributed by atoms with Crippen molar-refractivity contribution in [1.29, 1.82) is 10.5 Å². The molecule has 2 fully saturated rings. The Labute approximate surface area is 95.8 Å². The van der Waals surface area contributed by atoms with Gasteiger partial charge in [-0.25, -0.2) is 0 Å². The van der Waals surface area contributed by atoms with Gasteiger partial charge in [0.2, 0.25) is 0 Å². The average molecular weight is 220 g/mol. The highest BCUT2D eigenvalue weighted by Crippen LogP contribution is 2.37. The third-order valence-electron chi connectivity index (χ3n) is 3.06. The first-order valence-electron chi connectivity index (χ1n) is 5.62. The van der Waals surface area contributed by atoms with E-state index in [0.717, 1.165) is 32.3 Å². The van der Waals surface area contributed by atoms with E-state index < -0.39 is 0 Å². The molecule has 0 aromatic heterocycles. The number of carbonyl (C=O) groups excluding carboxylic acids is 1. The number of hydrogen-bond acceptors (Lipinski definition) is 4. The number of rotatable bonds is 0. The maximum Gasteiger partial charge on any atom is 0.133 e. The van der Waals surface area contributed by atoms with Crippen molar-refractivity contribution in [2.75, 3.05) is 6.61 Å². The molecule has 4 nitrogen and oxygen atoms in total. The van der Waals surface area contributed by atoms with Crippen LogP contribution in [0.2, 0.25) is 0 Å². The van der Waals surface area contributed by atoms with E-state index in [0.29, 0.717) is 5.78 Å². The first kappa shape index (κ1) is 12.7. The van der Waals surface area contributed by atoms with Gasteiger partial charge in [0.05, 0.1) is 17.7 Å². The van der Waals surface area contributed by atoms with Crippen LogP contribution in [-0.4, -0.2) is 18.0 Å². The molecule has 2 rings (SSSR count). The van der Waals surface area contributed by atoms with Crippen LogP contribution >= 0.6 is 0 Å². The molecule has 0 aromatic rings. The van der Waals surface area contributed by atoms with Crippen molar-refractivity contribution in [1.82, 2.24) is 0 Å². The minimum absolute atomic E-state index is 0. The molecule has 4 heteroatoms. The highest BCUT2D eigenvalue weighted by atomic mass is 16.5. The van der Waals surface area contributed by atoms with Crippen molar-refractivity contribution in [2.24, 2.45) is 0 Å². The molecule has 16 heavy (non-hydrogen) atoms. The van der Waals surface area contributed by atoms with Gasteiger partial charge >= 0.3 is 0 Å². The minimum atomic E-state index is 0. The van der Waals surface area contributed by atoms with Crippen LogP contribution in [0.3, 0.4) is 0 Å². The summed E-state index contributed by atoms with van der Waals surface area (Å²) in [5, 5.41) is 15.2. The van der Waals surface area contributed by atoms with Gasteiger partial charge in [0.25, 0.3) is 0 Å². The maximum absolute atomic E-state index is 10.9. The summed E-state index contributed by atoms with van der Waals surface area (Å²) in [5.74, 6) is 0.422. The lowest BCUT2D eigenvalue weighted by Crippen LogP contribution is -2.33. The van der Waals surface area contributed by atoms with Gasteiger partial charge in [-0.3, -0.25) is 4.79 Å². The predicted octanol–water partition coefficient (Wildman–Crippen LogP) is 2.10. The Kier molecular flexibility index (Phi) is 4.95. The molecule has 0 atom stereocenters. The molecule has 2 aliphatic rings. The molecule has 0 amide bonds. The van der Waals surface area contributed by atoms with E-state index in [1.54, 1.807) is 12.1 Å². The van der Waals surface area contributed by atoms with Crippen molar-refractivity contribution in [2.45, 2.75) is 50.5 Å². The Morgan fingerprint density at radius 1 is 1.19 bits per heavy atom. The number of Topliss-reactive ketones (excluding diaryl/α,β-unsaturated/α-hetero) is 1. The maximum atomic E-state index is 10.9. The minimum Gasteiger partial charge on any atom is -0.375 e. The van der Waals surface area contributed by atoms with Crippen LogP contribution in [0.1, 0.15) is 44.9 Å². The second-order valence-electron chi connectivity index (χ2n) is 4.17. The van der Waals surface area contributed by atoms with Crippen LogP contribution in [0.4, 0.5) is 0 Å². The van der Waals surface area contributed by atoms with E-state index in [1.807, 2.05) is 0 Å². The normalized spacial score (nSPS) is 21.8. The van der Waals surface area contributed by atoms with E-state index in [4.69, 9.17) is 15.3 Å². The molecule has 1 saturated carbocycles. The molecule has 1 saturated heterocycles. The number of nitriles is 2. The van der Waals surface area contributed by atoms with Crippen LogP contribution in [0.25, 0.3) is 0 Å². The Morgan fingerprint density at radius 2 is 1.81 bits per heavy atom. The molecule has 1 aliphatic heterocycles. The Morgan fingerprint density at radius 3 is 2.19 bits per heavy atom. The van der Waals surface area contributed by atoms with E-state index in [-0.39, 0.29) is 12.0 Å². The summed E-state index contributed by atoms with van der Waals surface area (Å²) >= 11 is 0. The quantitative estimate of drug-likeness (QED) is 0.626. The zero-order chi connectivity index (χ0) is 11.9. The fraction of sp³-hybridized carbons (Fsp3) is 0.750. The molecule has 0 unspecified atom stereocenters. The fourth-order valence-electron chi connectivity index (χ4n) is 2.17. The number of ether oxygens (including phenoxy) is 1. The van der Waals surface area contributed by atoms with E-state index in [2.05, 4.69) is 0 Å². The lowest BCUT2D eigenvalue weighted by Gasteiger charge is -2.31. The van der Waals surface area contributed by atoms with Gasteiger partial charge in [0.15, 0.2) is 0 Å². The molecule has 1 spiro atoms. The Bertz CT molecular complexity index is 295. The first-order valence-corrected chi connectivity index (χ1v) is 5.62. The SMILES string of the molecule is N#CCC#N.O=C1CCC2(CCCO2)CC1. The highest BCUT2D eigenvalue weighted by Gasteiger charge is 2.38. The van der Waals surface area contributed by atoms with Crippen LogP contribution < -0.4 is 0 Å². The number of ketones is 1. The van der Waals surface area contributed by atoms with Crippen molar-refractivity contribution in [3.8, 4) is 12.1 Å². The molecule has 0 bridgehead atoms. The summed E-state index contributed by atoms with van der Waals surface area (Å²) in [6, 6.07) is 3.31. The number of hydrogen-bond donors (Lipinski definition) is 0. The monoisotopic (exact) mass is 220 g/mol. The first-order chi connectivity index (χ1) is 7.72. The van der Waals surface area contributed by atoms with Gasteiger partial charge in [0, 0.05) is 19.4 Å².